The molecular weight excluding hydrogens is 580 g/mol. The van der Waals surface area contributed by atoms with Gasteiger partial charge in [0.05, 0.1) is 0 Å². The van der Waals surface area contributed by atoms with E-state index in [-0.39, 0.29) is 24.5 Å². The Morgan fingerprint density at radius 1 is 1.07 bits per heavy atom. The van der Waals surface area contributed by atoms with Gasteiger partial charge in [0.25, 0.3) is 0 Å². The second-order valence-electron chi connectivity index (χ2n) is 9.03. The maximum absolute atomic E-state index is 12.3. The lowest BCUT2D eigenvalue weighted by atomic mass is 9.95. The van der Waals surface area contributed by atoms with Gasteiger partial charge >= 0.3 is 17.9 Å². The van der Waals surface area contributed by atoms with Crippen LogP contribution in [0.2, 0.25) is 5.02 Å². The van der Waals surface area contributed by atoms with Gasteiger partial charge < -0.3 is 29.0 Å². The number of amides is 1. The van der Waals surface area contributed by atoms with Crippen molar-refractivity contribution in [2.45, 2.75) is 71.4 Å². The normalized spacial score (nSPS) is 21.8. The third-order valence-electron chi connectivity index (χ3n) is 5.79. The molecule has 1 aromatic carbocycles. The number of nitrogens with zero attached hydrogens (tertiary/aromatic N) is 3. The van der Waals surface area contributed by atoms with E-state index in [1.54, 1.807) is 34.9 Å². The molecule has 2 heterocycles. The van der Waals surface area contributed by atoms with Crippen molar-refractivity contribution in [3.63, 3.8) is 0 Å². The van der Waals surface area contributed by atoms with E-state index < -0.39 is 54.4 Å². The van der Waals surface area contributed by atoms with Crippen molar-refractivity contribution in [1.29, 1.82) is 0 Å². The average Bonchev–Trinajstić information content (AvgIpc) is 3.19. The minimum atomic E-state index is -1.26. The summed E-state index contributed by atoms with van der Waals surface area (Å²) in [6, 6.07) is 5.62. The highest BCUT2D eigenvalue weighted by molar-refractivity contribution is 7.71. The topological polar surface area (TPSA) is 149 Å². The molecule has 3 rings (SSSR count). The number of carbonyl (C=O) groups is 4. The highest BCUT2D eigenvalue weighted by Crippen LogP contribution is 2.33. The predicted octanol–water partition coefficient (Wildman–Crippen LogP) is 2.66. The first-order chi connectivity index (χ1) is 19.4. The van der Waals surface area contributed by atoms with Crippen LogP contribution in [0.3, 0.4) is 0 Å². The molecule has 1 fully saturated rings. The van der Waals surface area contributed by atoms with Gasteiger partial charge in [-0.2, -0.15) is 5.10 Å². The van der Waals surface area contributed by atoms with Gasteiger partial charge in [-0.1, -0.05) is 17.7 Å². The summed E-state index contributed by atoms with van der Waals surface area (Å²) in [6.45, 7) is 8.45. The van der Waals surface area contributed by atoms with Crippen molar-refractivity contribution in [1.82, 2.24) is 19.7 Å². The molecule has 1 saturated heterocycles. The van der Waals surface area contributed by atoms with Gasteiger partial charge in [0, 0.05) is 39.3 Å². The van der Waals surface area contributed by atoms with E-state index in [1.807, 2.05) is 0 Å². The molecule has 15 heteroatoms. The number of allylic oxidation sites excluding steroid dienone is 1. The van der Waals surface area contributed by atoms with Gasteiger partial charge in [-0.3, -0.25) is 23.7 Å². The van der Waals surface area contributed by atoms with Crippen LogP contribution in [-0.2, 0) is 51.3 Å². The first-order valence-electron chi connectivity index (χ1n) is 12.5. The summed E-state index contributed by atoms with van der Waals surface area (Å²) in [5.74, 6) is -1.62. The zero-order valence-corrected chi connectivity index (χ0v) is 24.5. The SMILES string of the molecule is C=CCn1c(COc2ccc(Cl)cc2)nn([C@@H]2O[C@H](COC(C)=O)[C@@H](OC(C)=O)[C@H](OC(C)=O)[C@H]2NC(C)=O)c1=S. The molecule has 1 amide bonds. The fourth-order valence-corrected chi connectivity index (χ4v) is 4.69. The van der Waals surface area contributed by atoms with Crippen LogP contribution in [-0.4, -0.2) is 69.1 Å². The molecule has 0 saturated carbocycles. The van der Waals surface area contributed by atoms with Crippen LogP contribution in [0.5, 0.6) is 5.75 Å². The molecule has 0 radical (unpaired) electrons. The number of nitrogens with one attached hydrogen (secondary N) is 1. The van der Waals surface area contributed by atoms with Crippen molar-refractivity contribution < 1.29 is 42.9 Å². The Morgan fingerprint density at radius 2 is 1.71 bits per heavy atom. The smallest absolute Gasteiger partial charge is 0.303 e. The molecule has 1 aromatic heterocycles. The zero-order valence-electron chi connectivity index (χ0n) is 22.9. The monoisotopic (exact) mass is 610 g/mol. The zero-order chi connectivity index (χ0) is 30.3. The summed E-state index contributed by atoms with van der Waals surface area (Å²) in [4.78, 5) is 48.1. The van der Waals surface area contributed by atoms with Crippen LogP contribution in [0.4, 0.5) is 0 Å². The minimum Gasteiger partial charge on any atom is -0.486 e. The quantitative estimate of drug-likeness (QED) is 0.173. The first kappa shape index (κ1) is 31.8. The van der Waals surface area contributed by atoms with Crippen molar-refractivity contribution >= 4 is 47.6 Å². The maximum Gasteiger partial charge on any atom is 0.303 e. The fourth-order valence-electron chi connectivity index (χ4n) is 4.24. The van der Waals surface area contributed by atoms with Crippen LogP contribution in [0.15, 0.2) is 36.9 Å². The third-order valence-corrected chi connectivity index (χ3v) is 6.45. The Morgan fingerprint density at radius 3 is 2.27 bits per heavy atom. The number of halogens is 1. The maximum atomic E-state index is 12.3. The van der Waals surface area contributed by atoms with Crippen LogP contribution < -0.4 is 10.1 Å². The predicted molar refractivity (Wildman–Crippen MR) is 146 cm³/mol. The number of aromatic nitrogens is 3. The van der Waals surface area contributed by atoms with Crippen LogP contribution >= 0.6 is 23.8 Å². The van der Waals surface area contributed by atoms with E-state index in [2.05, 4.69) is 17.0 Å². The molecule has 1 aliphatic rings. The van der Waals surface area contributed by atoms with Crippen molar-refractivity contribution in [3.05, 3.63) is 52.5 Å². The molecule has 41 heavy (non-hydrogen) atoms. The Labute approximate surface area is 246 Å². The Balaban J connectivity index is 2.09. The number of benzene rings is 1. The minimum absolute atomic E-state index is 0.00996. The molecule has 2 aromatic rings. The van der Waals surface area contributed by atoms with E-state index in [4.69, 9.17) is 47.5 Å². The lowest BCUT2D eigenvalue weighted by molar-refractivity contribution is -0.239. The van der Waals surface area contributed by atoms with Gasteiger partial charge in [0.1, 0.15) is 31.1 Å². The van der Waals surface area contributed by atoms with E-state index >= 15 is 0 Å². The molecule has 0 aliphatic carbocycles. The Hall–Kier alpha value is -3.75. The van der Waals surface area contributed by atoms with E-state index in [0.29, 0.717) is 16.6 Å². The van der Waals surface area contributed by atoms with Gasteiger partial charge in [-0.25, -0.2) is 4.68 Å². The number of ether oxygens (including phenoxy) is 5. The van der Waals surface area contributed by atoms with Crippen LogP contribution in [0.1, 0.15) is 39.7 Å². The van der Waals surface area contributed by atoms with Crippen molar-refractivity contribution in [2.75, 3.05) is 6.61 Å². The van der Waals surface area contributed by atoms with Crippen molar-refractivity contribution in [3.8, 4) is 5.75 Å². The first-order valence-corrected chi connectivity index (χ1v) is 13.3. The number of esters is 3. The second kappa shape index (κ2) is 14.2. The third kappa shape index (κ3) is 8.38. The van der Waals surface area contributed by atoms with Crippen LogP contribution in [0.25, 0.3) is 0 Å². The Bertz CT molecular complexity index is 1340. The summed E-state index contributed by atoms with van der Waals surface area (Å²) >= 11 is 11.7. The number of carbonyl (C=O) groups excluding carboxylic acids is 4. The lowest BCUT2D eigenvalue weighted by Gasteiger charge is -2.45. The van der Waals surface area contributed by atoms with E-state index in [0.717, 1.165) is 13.8 Å². The average molecular weight is 611 g/mol. The molecule has 0 bridgehead atoms. The number of hydrogen-bond acceptors (Lipinski definition) is 11. The summed E-state index contributed by atoms with van der Waals surface area (Å²) in [7, 11) is 0. The van der Waals surface area contributed by atoms with Crippen molar-refractivity contribution in [2.24, 2.45) is 0 Å². The molecule has 13 nitrogen and oxygen atoms in total. The molecule has 1 aliphatic heterocycles. The van der Waals surface area contributed by atoms with Crippen LogP contribution in [0, 0.1) is 4.77 Å². The lowest BCUT2D eigenvalue weighted by Crippen LogP contribution is -2.64. The summed E-state index contributed by atoms with van der Waals surface area (Å²) < 4.78 is 31.4. The molecule has 222 valence electrons. The highest BCUT2D eigenvalue weighted by atomic mass is 35.5. The number of hydrogen-bond donors (Lipinski definition) is 1. The van der Waals surface area contributed by atoms with Gasteiger partial charge in [-0.05, 0) is 36.5 Å². The molecule has 0 unspecified atom stereocenters. The molecule has 1 N–H and O–H groups in total. The number of rotatable bonds is 11. The van der Waals surface area contributed by atoms with Gasteiger partial charge in [-0.15, -0.1) is 6.58 Å². The summed E-state index contributed by atoms with van der Waals surface area (Å²) in [6.07, 6.45) is -3.21. The second-order valence-corrected chi connectivity index (χ2v) is 9.83. The highest BCUT2D eigenvalue weighted by Gasteiger charge is 2.52. The molecular formula is C26H31ClN4O9S. The molecule has 0 spiro atoms. The van der Waals surface area contributed by atoms with Gasteiger partial charge in [0.2, 0.25) is 10.7 Å². The summed E-state index contributed by atoms with van der Waals surface area (Å²) in [5.41, 5.74) is 0. The van der Waals surface area contributed by atoms with E-state index in [9.17, 15) is 19.2 Å². The fraction of sp³-hybridized carbons (Fsp3) is 0.462. The largest absolute Gasteiger partial charge is 0.486 e. The van der Waals surface area contributed by atoms with Gasteiger partial charge in [0.15, 0.2) is 24.3 Å². The standard InChI is InChI=1S/C26H31ClN4O9S/c1-6-11-30-21(13-37-19-9-7-18(27)8-10-19)29-31(26(30)41)25-22(28-14(2)32)24(39-17(5)35)23(38-16(4)34)20(40-25)12-36-15(3)33/h6-10,20,22-25H,1,11-13H2,2-5H3,(H,28,32)/t20-,22-,23-,24-,25-/m1/s1. The van der Waals surface area contributed by atoms with E-state index in [1.165, 1.54) is 18.5 Å². The molecule has 5 atom stereocenters. The summed E-state index contributed by atoms with van der Waals surface area (Å²) in [5, 5.41) is 7.87. The Kier molecular flexibility index (Phi) is 11.0.